The number of nitrogens with zero attached hydrogens (tertiary/aromatic N) is 1. The molecular formula is C13H19NO5. The Hall–Kier alpha value is -1.61. The second kappa shape index (κ2) is 5.17. The summed E-state index contributed by atoms with van der Waals surface area (Å²) >= 11 is 0. The van der Waals surface area contributed by atoms with Crippen LogP contribution in [-0.4, -0.2) is 30.3 Å². The third-order valence-electron chi connectivity index (χ3n) is 4.15. The van der Waals surface area contributed by atoms with Gasteiger partial charge >= 0.3 is 11.9 Å². The Bertz CT molecular complexity index is 421. The molecule has 19 heavy (non-hydrogen) atoms. The van der Waals surface area contributed by atoms with Crippen molar-refractivity contribution >= 4 is 11.9 Å². The summed E-state index contributed by atoms with van der Waals surface area (Å²) in [5, 5.41) is 17.7. The summed E-state index contributed by atoms with van der Waals surface area (Å²) in [5.74, 6) is -2.21. The van der Waals surface area contributed by atoms with Crippen LogP contribution in [0.1, 0.15) is 27.7 Å². The Morgan fingerprint density at radius 3 is 2.11 bits per heavy atom. The first-order valence-corrected chi connectivity index (χ1v) is 6.07. The monoisotopic (exact) mass is 269 g/mol. The lowest BCUT2D eigenvalue weighted by Gasteiger charge is -2.37. The van der Waals surface area contributed by atoms with Crippen molar-refractivity contribution in [3.63, 3.8) is 0 Å². The highest BCUT2D eigenvalue weighted by molar-refractivity contribution is 5.78. The van der Waals surface area contributed by atoms with Crippen LogP contribution >= 0.6 is 0 Å². The summed E-state index contributed by atoms with van der Waals surface area (Å²) in [4.78, 5) is 23.2. The van der Waals surface area contributed by atoms with Gasteiger partial charge in [-0.2, -0.15) is 0 Å². The molecule has 0 spiro atoms. The van der Waals surface area contributed by atoms with E-state index in [0.29, 0.717) is 0 Å². The molecule has 6 heteroatoms. The van der Waals surface area contributed by atoms with Crippen LogP contribution < -0.4 is 0 Å². The molecule has 0 radical (unpaired) electrons. The minimum absolute atomic E-state index is 0.285. The first-order valence-electron chi connectivity index (χ1n) is 6.07. The normalized spacial score (nSPS) is 23.7. The number of carboxylic acid groups (broad SMARTS) is 1. The molecule has 0 amide bonds. The van der Waals surface area contributed by atoms with E-state index in [1.54, 1.807) is 27.7 Å². The van der Waals surface area contributed by atoms with Crippen molar-refractivity contribution in [2.75, 3.05) is 13.2 Å². The second-order valence-electron chi connectivity index (χ2n) is 5.98. The molecule has 0 bridgehead atoms. The maximum absolute atomic E-state index is 11.8. The van der Waals surface area contributed by atoms with E-state index in [1.165, 1.54) is 6.26 Å². The molecular weight excluding hydrogens is 250 g/mol. The Balaban J connectivity index is 3.03. The first kappa shape index (κ1) is 15.4. The Morgan fingerprint density at radius 2 is 1.68 bits per heavy atom. The Morgan fingerprint density at radius 1 is 1.21 bits per heavy atom. The molecule has 0 saturated carbocycles. The van der Waals surface area contributed by atoms with E-state index < -0.39 is 22.8 Å². The molecule has 106 valence electrons. The molecule has 2 atom stereocenters. The number of carboxylic acids is 1. The molecule has 1 N–H and O–H groups in total. The fraction of sp³-hybridized carbons (Fsp3) is 0.769. The number of carbonyl (C=O) groups is 2. The van der Waals surface area contributed by atoms with E-state index in [1.807, 2.05) is 0 Å². The average molecular weight is 269 g/mol. The van der Waals surface area contributed by atoms with Crippen LogP contribution in [0.3, 0.4) is 0 Å². The third-order valence-corrected chi connectivity index (χ3v) is 4.15. The van der Waals surface area contributed by atoms with Crippen molar-refractivity contribution in [1.82, 2.24) is 0 Å². The summed E-state index contributed by atoms with van der Waals surface area (Å²) < 4.78 is 9.77. The first-order chi connectivity index (χ1) is 8.65. The predicted octanol–water partition coefficient (Wildman–Crippen LogP) is 1.41. The molecule has 1 heterocycles. The number of hydrogen-bond donors (Lipinski definition) is 1. The molecule has 2 unspecified atom stereocenters. The van der Waals surface area contributed by atoms with Gasteiger partial charge in [0.15, 0.2) is 0 Å². The molecule has 0 aliphatic carbocycles. The highest BCUT2D eigenvalue weighted by Gasteiger charge is 2.52. The van der Waals surface area contributed by atoms with Gasteiger partial charge in [-0.05, 0) is 27.7 Å². The largest absolute Gasteiger partial charge is 0.481 e. The quantitative estimate of drug-likeness (QED) is 0.612. The number of nitriles is 1. The standard InChI is InChI=1S/C13H19NO5/c1-12(2,10(15)16)8-5-18-6-9(8)13(3,4)11(17)19-7-14/h8-9H,5-6H2,1-4H3,(H,15,16). The van der Waals surface area contributed by atoms with Crippen molar-refractivity contribution in [3.05, 3.63) is 0 Å². The van der Waals surface area contributed by atoms with Gasteiger partial charge in [-0.3, -0.25) is 9.59 Å². The maximum atomic E-state index is 11.8. The molecule has 0 aromatic carbocycles. The zero-order chi connectivity index (χ0) is 14.8. The van der Waals surface area contributed by atoms with E-state index in [0.717, 1.165) is 0 Å². The van der Waals surface area contributed by atoms with Crippen LogP contribution in [-0.2, 0) is 19.1 Å². The van der Waals surface area contributed by atoms with Crippen LogP contribution in [0.5, 0.6) is 0 Å². The van der Waals surface area contributed by atoms with Gasteiger partial charge in [0.05, 0.1) is 24.0 Å². The minimum atomic E-state index is -1.01. The van der Waals surface area contributed by atoms with Gasteiger partial charge in [-0.25, -0.2) is 0 Å². The topological polar surface area (TPSA) is 96.6 Å². The zero-order valence-corrected chi connectivity index (χ0v) is 11.6. The summed E-state index contributed by atoms with van der Waals surface area (Å²) in [6.45, 7) is 7.11. The second-order valence-corrected chi connectivity index (χ2v) is 5.98. The van der Waals surface area contributed by atoms with Crippen molar-refractivity contribution in [2.24, 2.45) is 22.7 Å². The number of hydrogen-bond acceptors (Lipinski definition) is 5. The van der Waals surface area contributed by atoms with Crippen LogP contribution in [0.4, 0.5) is 0 Å². The van der Waals surface area contributed by atoms with Crippen LogP contribution in [0.15, 0.2) is 0 Å². The average Bonchev–Trinajstić information content (AvgIpc) is 2.78. The smallest absolute Gasteiger partial charge is 0.327 e. The highest BCUT2D eigenvalue weighted by Crippen LogP contribution is 2.46. The number of esters is 1. The Labute approximate surface area is 112 Å². The maximum Gasteiger partial charge on any atom is 0.327 e. The molecule has 0 aromatic rings. The van der Waals surface area contributed by atoms with Crippen LogP contribution in [0.25, 0.3) is 0 Å². The predicted molar refractivity (Wildman–Crippen MR) is 64.7 cm³/mol. The summed E-state index contributed by atoms with van der Waals surface area (Å²) in [5.41, 5.74) is -1.98. The van der Waals surface area contributed by atoms with Crippen molar-refractivity contribution in [3.8, 4) is 6.26 Å². The van der Waals surface area contributed by atoms with E-state index in [9.17, 15) is 14.7 Å². The van der Waals surface area contributed by atoms with E-state index in [2.05, 4.69) is 4.74 Å². The number of aliphatic carboxylic acids is 1. The van der Waals surface area contributed by atoms with Crippen LogP contribution in [0.2, 0.25) is 0 Å². The number of ether oxygens (including phenoxy) is 2. The van der Waals surface area contributed by atoms with Gasteiger partial charge in [0.2, 0.25) is 0 Å². The SMILES string of the molecule is CC(C)(C(=O)O)C1COCC1C(C)(C)C(=O)OC#N. The molecule has 1 aliphatic rings. The Kier molecular flexibility index (Phi) is 4.21. The minimum Gasteiger partial charge on any atom is -0.481 e. The molecule has 1 aliphatic heterocycles. The van der Waals surface area contributed by atoms with Gasteiger partial charge in [0.1, 0.15) is 0 Å². The highest BCUT2D eigenvalue weighted by atomic mass is 16.5. The number of carbonyl (C=O) groups excluding carboxylic acids is 1. The lowest BCUT2D eigenvalue weighted by atomic mass is 9.64. The third kappa shape index (κ3) is 2.71. The van der Waals surface area contributed by atoms with Crippen LogP contribution in [0, 0.1) is 34.2 Å². The lowest BCUT2D eigenvalue weighted by Crippen LogP contribution is -2.45. The van der Waals surface area contributed by atoms with E-state index in [-0.39, 0.29) is 25.0 Å². The molecule has 1 fully saturated rings. The van der Waals surface area contributed by atoms with E-state index >= 15 is 0 Å². The van der Waals surface area contributed by atoms with Gasteiger partial charge in [0.25, 0.3) is 6.26 Å². The molecule has 6 nitrogen and oxygen atoms in total. The van der Waals surface area contributed by atoms with Crippen molar-refractivity contribution < 1.29 is 24.2 Å². The fourth-order valence-corrected chi connectivity index (χ4v) is 2.46. The molecule has 0 aromatic heterocycles. The summed E-state index contributed by atoms with van der Waals surface area (Å²) in [6, 6.07) is 0. The summed E-state index contributed by atoms with van der Waals surface area (Å²) in [6.07, 6.45) is 1.37. The van der Waals surface area contributed by atoms with Gasteiger partial charge in [-0.1, -0.05) is 0 Å². The zero-order valence-electron chi connectivity index (χ0n) is 11.6. The lowest BCUT2D eigenvalue weighted by molar-refractivity contribution is -0.157. The summed E-state index contributed by atoms with van der Waals surface area (Å²) in [7, 11) is 0. The van der Waals surface area contributed by atoms with Gasteiger partial charge < -0.3 is 14.6 Å². The van der Waals surface area contributed by atoms with E-state index in [4.69, 9.17) is 10.00 Å². The number of rotatable bonds is 4. The van der Waals surface area contributed by atoms with Crippen molar-refractivity contribution in [2.45, 2.75) is 27.7 Å². The molecule has 1 saturated heterocycles. The van der Waals surface area contributed by atoms with Gasteiger partial charge in [0, 0.05) is 11.8 Å². The molecule has 1 rings (SSSR count). The fourth-order valence-electron chi connectivity index (χ4n) is 2.46. The van der Waals surface area contributed by atoms with Crippen molar-refractivity contribution in [1.29, 1.82) is 5.26 Å². The van der Waals surface area contributed by atoms with Gasteiger partial charge in [-0.15, -0.1) is 5.26 Å².